The summed E-state index contributed by atoms with van der Waals surface area (Å²) >= 11 is 0. The molecule has 0 bridgehead atoms. The van der Waals surface area contributed by atoms with Gasteiger partial charge in [0.2, 0.25) is 0 Å². The largest absolute Gasteiger partial charge is 0.256 e. The zero-order valence-electron chi connectivity index (χ0n) is 37.5. The highest BCUT2D eigenvalue weighted by Gasteiger charge is 2.13. The maximum atomic E-state index is 4.80. The highest BCUT2D eigenvalue weighted by Crippen LogP contribution is 2.36. The first kappa shape index (κ1) is 42.0. The summed E-state index contributed by atoms with van der Waals surface area (Å²) < 4.78 is 0. The summed E-state index contributed by atoms with van der Waals surface area (Å²) in [6.07, 6.45) is 9.59. The van der Waals surface area contributed by atoms with Gasteiger partial charge < -0.3 is 0 Å². The average molecular weight is 850 g/mol. The molecule has 10 rings (SSSR count). The van der Waals surface area contributed by atoms with E-state index in [2.05, 4.69) is 230 Å². The van der Waals surface area contributed by atoms with Gasteiger partial charge in [0.25, 0.3) is 0 Å². The van der Waals surface area contributed by atoms with E-state index in [0.29, 0.717) is 0 Å². The second-order valence-electron chi connectivity index (χ2n) is 17.4. The van der Waals surface area contributed by atoms with Crippen molar-refractivity contribution >= 4 is 0 Å². The molecule has 0 spiro atoms. The quantitative estimate of drug-likeness (QED) is 0.116. The Kier molecular flexibility index (Phi) is 12.3. The van der Waals surface area contributed by atoms with Gasteiger partial charge in [0, 0.05) is 35.3 Å². The zero-order chi connectivity index (χ0) is 44.7. The van der Waals surface area contributed by atoms with Crippen LogP contribution in [0.2, 0.25) is 0 Å². The lowest BCUT2D eigenvalue weighted by Gasteiger charge is -2.15. The van der Waals surface area contributed by atoms with E-state index < -0.39 is 0 Å². The molecule has 3 heterocycles. The maximum Gasteiger partial charge on any atom is 0.0708 e. The molecule has 0 amide bonds. The number of aryl methyl sites for hydroxylation is 6. The molecule has 0 saturated carbocycles. The third kappa shape index (κ3) is 9.87. The van der Waals surface area contributed by atoms with E-state index in [-0.39, 0.29) is 0 Å². The van der Waals surface area contributed by atoms with Gasteiger partial charge in [-0.1, -0.05) is 182 Å². The Morgan fingerprint density at radius 2 is 0.697 bits per heavy atom. The highest BCUT2D eigenvalue weighted by molar-refractivity contribution is 5.85. The molecule has 66 heavy (non-hydrogen) atoms. The zero-order valence-corrected chi connectivity index (χ0v) is 37.5. The van der Waals surface area contributed by atoms with Crippen molar-refractivity contribution in [3.8, 4) is 78.3 Å². The summed E-state index contributed by atoms with van der Waals surface area (Å²) in [6, 6.07) is 74.9. The minimum Gasteiger partial charge on any atom is -0.256 e. The third-order valence-corrected chi connectivity index (χ3v) is 12.6. The maximum absolute atomic E-state index is 4.80. The Bertz CT molecular complexity index is 3080. The SMILES string of the molecule is Cc1ccc(-c2ccc(CCc3cc(CCc4ccc(-c5ccc(C)cn5)cc4)cc(-c4ccccc4-c4ccc(-c5cc(-c6ccc(-c7ccccc7)cc6)ccn5)cc4)c3)cc2)nc1. The Balaban J connectivity index is 0.908. The topological polar surface area (TPSA) is 38.7 Å². The van der Waals surface area contributed by atoms with E-state index in [9.17, 15) is 0 Å². The standard InChI is InChI=1S/C63H51N3/c1-44-12-34-61(65-42-44)54-22-18-46(19-23-54)14-16-48-38-49(17-15-47-20-24-55(25-21-47)62-35-13-45(2)43-66-62)40-58(39-48)60-11-7-6-10-59(60)53-30-32-56(33-31-53)63-41-57(36-37-64-63)52-28-26-51(27-29-52)50-8-4-3-5-9-50/h3-13,18-43H,14-17H2,1-2H3. The predicted molar refractivity (Wildman–Crippen MR) is 275 cm³/mol. The van der Waals surface area contributed by atoms with Crippen LogP contribution in [0.25, 0.3) is 78.3 Å². The van der Waals surface area contributed by atoms with Gasteiger partial charge in [0.15, 0.2) is 0 Å². The van der Waals surface area contributed by atoms with E-state index in [1.807, 2.05) is 18.6 Å². The monoisotopic (exact) mass is 849 g/mol. The fourth-order valence-corrected chi connectivity index (χ4v) is 8.81. The van der Waals surface area contributed by atoms with Crippen molar-refractivity contribution in [3.63, 3.8) is 0 Å². The van der Waals surface area contributed by atoms with Crippen molar-refractivity contribution in [1.82, 2.24) is 15.0 Å². The first-order valence-corrected chi connectivity index (χ1v) is 23.0. The van der Waals surface area contributed by atoms with Crippen LogP contribution in [-0.4, -0.2) is 15.0 Å². The lowest BCUT2D eigenvalue weighted by Crippen LogP contribution is -1.98. The summed E-state index contributed by atoms with van der Waals surface area (Å²) in [5.41, 5.74) is 23.7. The molecular weight excluding hydrogens is 799 g/mol. The summed E-state index contributed by atoms with van der Waals surface area (Å²) in [5, 5.41) is 0. The van der Waals surface area contributed by atoms with Gasteiger partial charge in [-0.15, -0.1) is 0 Å². The number of pyridine rings is 3. The molecule has 0 radical (unpaired) electrons. The lowest BCUT2D eigenvalue weighted by molar-refractivity contribution is 0.931. The van der Waals surface area contributed by atoms with Crippen molar-refractivity contribution in [1.29, 1.82) is 0 Å². The molecule has 0 aliphatic rings. The van der Waals surface area contributed by atoms with Crippen LogP contribution in [0.4, 0.5) is 0 Å². The Hall–Kier alpha value is -8.01. The average Bonchev–Trinajstić information content (AvgIpc) is 3.38. The number of hydrogen-bond acceptors (Lipinski definition) is 3. The molecule has 0 aliphatic heterocycles. The molecule has 0 aliphatic carbocycles. The number of nitrogens with zero attached hydrogens (tertiary/aromatic N) is 3. The van der Waals surface area contributed by atoms with Crippen molar-refractivity contribution in [2.75, 3.05) is 0 Å². The Labute approximate surface area is 389 Å². The molecular formula is C63H51N3. The van der Waals surface area contributed by atoms with Crippen LogP contribution in [0, 0.1) is 13.8 Å². The van der Waals surface area contributed by atoms with Crippen LogP contribution in [0.5, 0.6) is 0 Å². The molecule has 318 valence electrons. The molecule has 7 aromatic carbocycles. The van der Waals surface area contributed by atoms with E-state index in [0.717, 1.165) is 65.0 Å². The van der Waals surface area contributed by atoms with Crippen LogP contribution >= 0.6 is 0 Å². The van der Waals surface area contributed by atoms with Crippen LogP contribution in [0.15, 0.2) is 225 Å². The molecule has 0 saturated heterocycles. The summed E-state index contributed by atoms with van der Waals surface area (Å²) in [6.45, 7) is 4.15. The van der Waals surface area contributed by atoms with Crippen LogP contribution in [0.1, 0.15) is 33.4 Å². The van der Waals surface area contributed by atoms with E-state index >= 15 is 0 Å². The van der Waals surface area contributed by atoms with Gasteiger partial charge in [-0.25, -0.2) is 0 Å². The number of rotatable bonds is 13. The fourth-order valence-electron chi connectivity index (χ4n) is 8.81. The number of aromatic nitrogens is 3. The van der Waals surface area contributed by atoms with Crippen LogP contribution in [0.3, 0.4) is 0 Å². The van der Waals surface area contributed by atoms with Crippen molar-refractivity contribution in [3.05, 3.63) is 258 Å². The molecule has 0 unspecified atom stereocenters. The molecule has 0 N–H and O–H groups in total. The minimum absolute atomic E-state index is 0.946. The Morgan fingerprint density at radius 1 is 0.273 bits per heavy atom. The first-order valence-electron chi connectivity index (χ1n) is 23.0. The van der Waals surface area contributed by atoms with Gasteiger partial charge in [-0.2, -0.15) is 0 Å². The van der Waals surface area contributed by atoms with Crippen molar-refractivity contribution < 1.29 is 0 Å². The van der Waals surface area contributed by atoms with Gasteiger partial charge in [0.05, 0.1) is 17.1 Å². The molecule has 10 aromatic rings. The van der Waals surface area contributed by atoms with Crippen LogP contribution < -0.4 is 0 Å². The normalized spacial score (nSPS) is 11.1. The molecule has 3 nitrogen and oxygen atoms in total. The fraction of sp³-hybridized carbons (Fsp3) is 0.0952. The van der Waals surface area contributed by atoms with E-state index in [4.69, 9.17) is 4.98 Å². The summed E-state index contributed by atoms with van der Waals surface area (Å²) in [4.78, 5) is 14.1. The van der Waals surface area contributed by atoms with Crippen molar-refractivity contribution in [2.45, 2.75) is 39.5 Å². The first-order chi connectivity index (χ1) is 32.5. The van der Waals surface area contributed by atoms with Crippen LogP contribution in [-0.2, 0) is 25.7 Å². The smallest absolute Gasteiger partial charge is 0.0708 e. The van der Waals surface area contributed by atoms with Gasteiger partial charge in [-0.05, 0) is 142 Å². The second-order valence-corrected chi connectivity index (χ2v) is 17.4. The predicted octanol–water partition coefficient (Wildman–Crippen LogP) is 15.7. The summed E-state index contributed by atoms with van der Waals surface area (Å²) in [5.74, 6) is 0. The van der Waals surface area contributed by atoms with Crippen molar-refractivity contribution in [2.24, 2.45) is 0 Å². The molecule has 0 atom stereocenters. The third-order valence-electron chi connectivity index (χ3n) is 12.6. The van der Waals surface area contributed by atoms with Gasteiger partial charge in [-0.3, -0.25) is 15.0 Å². The molecule has 0 fully saturated rings. The molecule has 3 aromatic heterocycles. The van der Waals surface area contributed by atoms with E-state index in [1.165, 1.54) is 72.3 Å². The highest BCUT2D eigenvalue weighted by atomic mass is 14.7. The number of hydrogen-bond donors (Lipinski definition) is 0. The Morgan fingerprint density at radius 3 is 1.23 bits per heavy atom. The van der Waals surface area contributed by atoms with Gasteiger partial charge in [0.1, 0.15) is 0 Å². The second kappa shape index (κ2) is 19.4. The number of benzene rings is 7. The van der Waals surface area contributed by atoms with E-state index in [1.54, 1.807) is 0 Å². The summed E-state index contributed by atoms with van der Waals surface area (Å²) in [7, 11) is 0. The minimum atomic E-state index is 0.946. The lowest BCUT2D eigenvalue weighted by atomic mass is 9.90. The van der Waals surface area contributed by atoms with Gasteiger partial charge >= 0.3 is 0 Å². The molecule has 3 heteroatoms.